The molecule has 0 amide bonds. The lowest BCUT2D eigenvalue weighted by molar-refractivity contribution is -0.325. The Kier molecular flexibility index (Phi) is 4.98. The maximum atomic E-state index is 11.7. The quantitative estimate of drug-likeness (QED) is 0.831. The van der Waals surface area contributed by atoms with Crippen molar-refractivity contribution >= 4 is 0 Å². The van der Waals surface area contributed by atoms with Crippen molar-refractivity contribution in [3.8, 4) is 5.75 Å². The highest BCUT2D eigenvalue weighted by Crippen LogP contribution is 2.26. The molecule has 6 heteroatoms. The fourth-order valence-electron chi connectivity index (χ4n) is 1.42. The summed E-state index contributed by atoms with van der Waals surface area (Å²) in [5.41, 5.74) is 1.43. The summed E-state index contributed by atoms with van der Waals surface area (Å²) < 4.78 is 44.0. The highest BCUT2D eigenvalue weighted by molar-refractivity contribution is 5.38. The Bertz CT molecular complexity index is 389. The minimum absolute atomic E-state index is 0.233. The number of aryl methyl sites for hydroxylation is 1. The van der Waals surface area contributed by atoms with Gasteiger partial charge in [-0.1, -0.05) is 12.1 Å². The van der Waals surface area contributed by atoms with Crippen molar-refractivity contribution in [2.24, 2.45) is 0 Å². The van der Waals surface area contributed by atoms with E-state index in [9.17, 15) is 18.3 Å². The van der Waals surface area contributed by atoms with Crippen LogP contribution in [0.1, 0.15) is 24.2 Å². The Labute approximate surface area is 103 Å². The van der Waals surface area contributed by atoms with Gasteiger partial charge in [0.15, 0.2) is 0 Å². The van der Waals surface area contributed by atoms with Crippen molar-refractivity contribution in [1.82, 2.24) is 0 Å². The molecule has 0 spiro atoms. The molecule has 1 aromatic carbocycles. The minimum Gasteiger partial charge on any atom is -0.491 e. The Morgan fingerprint density at radius 3 is 2.50 bits per heavy atom. The van der Waals surface area contributed by atoms with Crippen LogP contribution >= 0.6 is 0 Å². The third-order valence-corrected chi connectivity index (χ3v) is 2.23. The van der Waals surface area contributed by atoms with Crippen molar-refractivity contribution in [3.05, 3.63) is 29.3 Å². The maximum Gasteiger partial charge on any atom is 0.522 e. The fourth-order valence-corrected chi connectivity index (χ4v) is 1.42. The smallest absolute Gasteiger partial charge is 0.491 e. The van der Waals surface area contributed by atoms with Crippen LogP contribution in [-0.4, -0.2) is 24.7 Å². The summed E-state index contributed by atoms with van der Waals surface area (Å²) in [4.78, 5) is 0. The largest absolute Gasteiger partial charge is 0.522 e. The number of hydrogen-bond acceptors (Lipinski definition) is 3. The summed E-state index contributed by atoms with van der Waals surface area (Å²) in [6.45, 7) is 2.56. The summed E-state index contributed by atoms with van der Waals surface area (Å²) in [7, 11) is 0. The molecule has 1 aromatic rings. The first kappa shape index (κ1) is 14.8. The van der Waals surface area contributed by atoms with Crippen molar-refractivity contribution < 1.29 is 27.8 Å². The van der Waals surface area contributed by atoms with Crippen molar-refractivity contribution in [3.63, 3.8) is 0 Å². The first-order chi connectivity index (χ1) is 8.29. The van der Waals surface area contributed by atoms with Gasteiger partial charge >= 0.3 is 6.36 Å². The lowest BCUT2D eigenvalue weighted by Crippen LogP contribution is -2.18. The zero-order valence-corrected chi connectivity index (χ0v) is 10.1. The van der Waals surface area contributed by atoms with Crippen molar-refractivity contribution in [1.29, 1.82) is 0 Å². The van der Waals surface area contributed by atoms with Crippen LogP contribution in [0.4, 0.5) is 13.2 Å². The SMILES string of the molecule is Cc1ccc([C@@H](C)O)c(OCCOC(F)(F)F)c1. The second kappa shape index (κ2) is 6.06. The van der Waals surface area contributed by atoms with E-state index in [1.807, 2.05) is 6.92 Å². The number of hydrogen-bond donors (Lipinski definition) is 1. The summed E-state index contributed by atoms with van der Waals surface area (Å²) in [6, 6.07) is 5.14. The number of benzene rings is 1. The Hall–Kier alpha value is -1.27. The minimum atomic E-state index is -4.65. The summed E-state index contributed by atoms with van der Waals surface area (Å²) >= 11 is 0. The molecule has 0 bridgehead atoms. The van der Waals surface area contributed by atoms with Gasteiger partial charge in [-0.05, 0) is 25.5 Å². The Balaban J connectivity index is 2.58. The highest BCUT2D eigenvalue weighted by Gasteiger charge is 2.28. The van der Waals surface area contributed by atoms with Crippen LogP contribution in [0.2, 0.25) is 0 Å². The van der Waals surface area contributed by atoms with Crippen LogP contribution in [0.3, 0.4) is 0 Å². The van der Waals surface area contributed by atoms with Gasteiger partial charge in [-0.25, -0.2) is 0 Å². The molecule has 0 saturated heterocycles. The summed E-state index contributed by atoms with van der Waals surface area (Å²) in [5, 5.41) is 9.49. The van der Waals surface area contributed by atoms with E-state index in [0.717, 1.165) is 5.56 Å². The Morgan fingerprint density at radius 2 is 1.94 bits per heavy atom. The molecule has 0 fully saturated rings. The Morgan fingerprint density at radius 1 is 1.28 bits per heavy atom. The molecule has 0 unspecified atom stereocenters. The summed E-state index contributed by atoms with van der Waals surface area (Å²) in [5.74, 6) is 0.371. The van der Waals surface area contributed by atoms with Gasteiger partial charge in [-0.15, -0.1) is 13.2 Å². The average Bonchev–Trinajstić information content (AvgIpc) is 2.22. The normalized spacial score (nSPS) is 13.4. The second-order valence-electron chi connectivity index (χ2n) is 3.86. The van der Waals surface area contributed by atoms with Gasteiger partial charge in [0.2, 0.25) is 0 Å². The van der Waals surface area contributed by atoms with Gasteiger partial charge in [0, 0.05) is 5.56 Å². The molecule has 0 aromatic heterocycles. The van der Waals surface area contributed by atoms with Gasteiger partial charge in [-0.2, -0.15) is 0 Å². The number of aliphatic hydroxyl groups excluding tert-OH is 1. The molecule has 0 saturated carbocycles. The van der Waals surface area contributed by atoms with E-state index in [-0.39, 0.29) is 6.61 Å². The molecule has 3 nitrogen and oxygen atoms in total. The van der Waals surface area contributed by atoms with E-state index in [1.165, 1.54) is 0 Å². The highest BCUT2D eigenvalue weighted by atomic mass is 19.4. The molecule has 1 rings (SSSR count). The van der Waals surface area contributed by atoms with E-state index in [1.54, 1.807) is 25.1 Å². The molecule has 0 heterocycles. The monoisotopic (exact) mass is 264 g/mol. The van der Waals surface area contributed by atoms with E-state index >= 15 is 0 Å². The van der Waals surface area contributed by atoms with Crippen LogP contribution in [-0.2, 0) is 4.74 Å². The zero-order valence-electron chi connectivity index (χ0n) is 10.1. The van der Waals surface area contributed by atoms with Crippen LogP contribution in [0.25, 0.3) is 0 Å². The van der Waals surface area contributed by atoms with E-state index in [2.05, 4.69) is 4.74 Å². The van der Waals surface area contributed by atoms with Gasteiger partial charge in [0.1, 0.15) is 12.4 Å². The molecule has 0 aliphatic carbocycles. The molecular weight excluding hydrogens is 249 g/mol. The van der Waals surface area contributed by atoms with Crippen LogP contribution in [0, 0.1) is 6.92 Å². The van der Waals surface area contributed by atoms with Crippen molar-refractivity contribution in [2.75, 3.05) is 13.2 Å². The first-order valence-electron chi connectivity index (χ1n) is 5.41. The van der Waals surface area contributed by atoms with Crippen LogP contribution in [0.15, 0.2) is 18.2 Å². The molecular formula is C12H15F3O3. The molecule has 102 valence electrons. The first-order valence-corrected chi connectivity index (χ1v) is 5.41. The molecule has 1 atom stereocenters. The third-order valence-electron chi connectivity index (χ3n) is 2.23. The van der Waals surface area contributed by atoms with E-state index < -0.39 is 19.1 Å². The lowest BCUT2D eigenvalue weighted by atomic mass is 10.1. The van der Waals surface area contributed by atoms with Crippen LogP contribution < -0.4 is 4.74 Å². The van der Waals surface area contributed by atoms with Gasteiger partial charge in [0.25, 0.3) is 0 Å². The number of ether oxygens (including phenoxy) is 2. The van der Waals surface area contributed by atoms with Crippen molar-refractivity contribution in [2.45, 2.75) is 26.3 Å². The van der Waals surface area contributed by atoms with Gasteiger partial charge in [0.05, 0.1) is 12.7 Å². The maximum absolute atomic E-state index is 11.7. The van der Waals surface area contributed by atoms with Gasteiger partial charge < -0.3 is 9.84 Å². The van der Waals surface area contributed by atoms with Crippen LogP contribution in [0.5, 0.6) is 5.75 Å². The third kappa shape index (κ3) is 4.93. The van der Waals surface area contributed by atoms with E-state index in [4.69, 9.17) is 4.74 Å². The molecule has 0 aliphatic rings. The predicted molar refractivity (Wildman–Crippen MR) is 59.3 cm³/mol. The fraction of sp³-hybridized carbons (Fsp3) is 0.500. The van der Waals surface area contributed by atoms with E-state index in [0.29, 0.717) is 11.3 Å². The number of alkyl halides is 3. The number of halogens is 3. The van der Waals surface area contributed by atoms with Gasteiger partial charge in [-0.3, -0.25) is 4.74 Å². The molecule has 1 N–H and O–H groups in total. The molecule has 0 aliphatic heterocycles. The lowest BCUT2D eigenvalue weighted by Gasteiger charge is -2.14. The average molecular weight is 264 g/mol. The molecule has 18 heavy (non-hydrogen) atoms. The topological polar surface area (TPSA) is 38.7 Å². The molecule has 0 radical (unpaired) electrons. The predicted octanol–water partition coefficient (Wildman–Crippen LogP) is 2.96. The second-order valence-corrected chi connectivity index (χ2v) is 3.86. The standard InChI is InChI=1S/C12H15F3O3/c1-8-3-4-10(9(2)16)11(7-8)17-5-6-18-12(13,14)15/h3-4,7,9,16H,5-6H2,1-2H3/t9-/m1/s1. The summed E-state index contributed by atoms with van der Waals surface area (Å²) in [6.07, 6.45) is -5.40. The number of aliphatic hydroxyl groups is 1. The number of rotatable bonds is 5. The zero-order chi connectivity index (χ0) is 13.8.